The highest BCUT2D eigenvalue weighted by molar-refractivity contribution is 6.36. The van der Waals surface area contributed by atoms with Crippen molar-refractivity contribution in [3.05, 3.63) is 57.6 Å². The molecular formula is C24H30Cl2N2O4. The number of methoxy groups -OCH3 is 2. The van der Waals surface area contributed by atoms with Gasteiger partial charge in [0.25, 0.3) is 0 Å². The summed E-state index contributed by atoms with van der Waals surface area (Å²) in [4.78, 5) is 27.5. The van der Waals surface area contributed by atoms with Crippen molar-refractivity contribution in [2.45, 2.75) is 52.2 Å². The Bertz CT molecular complexity index is 929. The second kappa shape index (κ2) is 12.0. The van der Waals surface area contributed by atoms with Gasteiger partial charge in [-0.25, -0.2) is 0 Å². The zero-order chi connectivity index (χ0) is 23.8. The summed E-state index contributed by atoms with van der Waals surface area (Å²) in [5.74, 6) is 0.809. The molecule has 2 aromatic rings. The van der Waals surface area contributed by atoms with Gasteiger partial charge in [0.1, 0.15) is 6.04 Å². The number of carbonyl (C=O) groups is 2. The van der Waals surface area contributed by atoms with E-state index < -0.39 is 6.04 Å². The van der Waals surface area contributed by atoms with Gasteiger partial charge in [0, 0.05) is 34.6 Å². The Morgan fingerprint density at radius 1 is 1.00 bits per heavy atom. The molecule has 0 aromatic heterocycles. The van der Waals surface area contributed by atoms with E-state index in [9.17, 15) is 9.59 Å². The number of nitrogens with one attached hydrogen (secondary N) is 1. The first-order chi connectivity index (χ1) is 15.2. The summed E-state index contributed by atoms with van der Waals surface area (Å²) in [5, 5.41) is 3.77. The maximum absolute atomic E-state index is 13.3. The second-order valence-electron chi connectivity index (χ2n) is 7.75. The molecule has 0 aliphatic rings. The second-order valence-corrected chi connectivity index (χ2v) is 8.56. The Morgan fingerprint density at radius 3 is 2.19 bits per heavy atom. The number of nitrogens with zero attached hydrogens (tertiary/aromatic N) is 1. The van der Waals surface area contributed by atoms with Crippen LogP contribution in [-0.4, -0.2) is 43.0 Å². The summed E-state index contributed by atoms with van der Waals surface area (Å²) in [5.41, 5.74) is 1.53. The molecule has 2 aromatic carbocycles. The van der Waals surface area contributed by atoms with Gasteiger partial charge in [-0.1, -0.05) is 35.3 Å². The van der Waals surface area contributed by atoms with Gasteiger partial charge < -0.3 is 19.7 Å². The maximum atomic E-state index is 13.3. The van der Waals surface area contributed by atoms with Crippen LogP contribution in [0.5, 0.6) is 11.5 Å². The molecule has 0 aliphatic heterocycles. The monoisotopic (exact) mass is 480 g/mol. The summed E-state index contributed by atoms with van der Waals surface area (Å²) in [6.45, 7) is 5.59. The van der Waals surface area contributed by atoms with Gasteiger partial charge in [-0.2, -0.15) is 0 Å². The largest absolute Gasteiger partial charge is 0.493 e. The van der Waals surface area contributed by atoms with Crippen LogP contribution < -0.4 is 14.8 Å². The van der Waals surface area contributed by atoms with Crippen LogP contribution in [0.3, 0.4) is 0 Å². The molecule has 0 saturated carbocycles. The average Bonchev–Trinajstić information content (AvgIpc) is 2.76. The van der Waals surface area contributed by atoms with Crippen LogP contribution in [0.1, 0.15) is 38.3 Å². The zero-order valence-corrected chi connectivity index (χ0v) is 20.6. The molecule has 0 heterocycles. The van der Waals surface area contributed by atoms with Crippen molar-refractivity contribution in [1.29, 1.82) is 0 Å². The molecule has 2 rings (SSSR count). The van der Waals surface area contributed by atoms with E-state index in [4.69, 9.17) is 32.7 Å². The number of ether oxygens (including phenoxy) is 2. The number of aryl methyl sites for hydroxylation is 1. The summed E-state index contributed by atoms with van der Waals surface area (Å²) in [6.07, 6.45) is 0.682. The first-order valence-electron chi connectivity index (χ1n) is 10.4. The minimum absolute atomic E-state index is 0.0439. The molecule has 0 fully saturated rings. The predicted octanol–water partition coefficient (Wildman–Crippen LogP) is 4.89. The Balaban J connectivity index is 2.24. The molecule has 1 N–H and O–H groups in total. The van der Waals surface area contributed by atoms with Gasteiger partial charge in [0.2, 0.25) is 11.8 Å². The summed E-state index contributed by atoms with van der Waals surface area (Å²) >= 11 is 12.7. The SMILES string of the molecule is COc1ccc(CCC(=O)N(Cc2c(Cl)cccc2Cl)C(C)C(=O)NC(C)C)cc1OC. The lowest BCUT2D eigenvalue weighted by molar-refractivity contribution is -0.140. The fourth-order valence-corrected chi connectivity index (χ4v) is 3.79. The summed E-state index contributed by atoms with van der Waals surface area (Å²) in [6, 6.07) is 9.97. The van der Waals surface area contributed by atoms with Gasteiger partial charge in [-0.15, -0.1) is 0 Å². The third-order valence-electron chi connectivity index (χ3n) is 5.06. The highest BCUT2D eigenvalue weighted by Crippen LogP contribution is 2.29. The smallest absolute Gasteiger partial charge is 0.242 e. The van der Waals surface area contributed by atoms with Crippen LogP contribution >= 0.6 is 23.2 Å². The molecule has 0 radical (unpaired) electrons. The van der Waals surface area contributed by atoms with E-state index in [1.165, 1.54) is 4.90 Å². The number of rotatable bonds is 10. The van der Waals surface area contributed by atoms with Crippen molar-refractivity contribution in [2.24, 2.45) is 0 Å². The number of halogens is 2. The van der Waals surface area contributed by atoms with Crippen LogP contribution in [0, 0.1) is 0 Å². The number of benzene rings is 2. The van der Waals surface area contributed by atoms with Crippen LogP contribution in [0.25, 0.3) is 0 Å². The van der Waals surface area contributed by atoms with E-state index in [1.807, 2.05) is 26.0 Å². The highest BCUT2D eigenvalue weighted by Gasteiger charge is 2.27. The third-order valence-corrected chi connectivity index (χ3v) is 5.77. The lowest BCUT2D eigenvalue weighted by atomic mass is 10.1. The molecule has 1 atom stereocenters. The average molecular weight is 481 g/mol. The van der Waals surface area contributed by atoms with E-state index in [1.54, 1.807) is 45.4 Å². The van der Waals surface area contributed by atoms with Gasteiger partial charge in [0.05, 0.1) is 14.2 Å². The fraction of sp³-hybridized carbons (Fsp3) is 0.417. The standard InChI is InChI=1S/C24H30Cl2N2O4/c1-15(2)27-24(30)16(3)28(14-18-19(25)7-6-8-20(18)26)23(29)12-10-17-9-11-21(31-4)22(13-17)32-5/h6-9,11,13,15-16H,10,12,14H2,1-5H3,(H,27,30). The molecule has 32 heavy (non-hydrogen) atoms. The Hall–Kier alpha value is -2.44. The normalized spacial score (nSPS) is 11.8. The van der Waals surface area contributed by atoms with Gasteiger partial charge in [0.15, 0.2) is 11.5 Å². The molecule has 8 heteroatoms. The predicted molar refractivity (Wildman–Crippen MR) is 128 cm³/mol. The Labute approximate surface area is 199 Å². The van der Waals surface area contributed by atoms with E-state index in [2.05, 4.69) is 5.32 Å². The number of hydrogen-bond acceptors (Lipinski definition) is 4. The van der Waals surface area contributed by atoms with Gasteiger partial charge in [-0.3, -0.25) is 9.59 Å². The van der Waals surface area contributed by atoms with Crippen molar-refractivity contribution in [2.75, 3.05) is 14.2 Å². The first-order valence-corrected chi connectivity index (χ1v) is 11.2. The van der Waals surface area contributed by atoms with Crippen molar-refractivity contribution in [3.63, 3.8) is 0 Å². The highest BCUT2D eigenvalue weighted by atomic mass is 35.5. The molecule has 0 bridgehead atoms. The van der Waals surface area contributed by atoms with E-state index >= 15 is 0 Å². The fourth-order valence-electron chi connectivity index (χ4n) is 3.27. The quantitative estimate of drug-likeness (QED) is 0.525. The van der Waals surface area contributed by atoms with Crippen LogP contribution in [0.4, 0.5) is 0 Å². The number of carbonyl (C=O) groups excluding carboxylic acids is 2. The minimum atomic E-state index is -0.692. The molecule has 174 valence electrons. The third kappa shape index (κ3) is 6.78. The van der Waals surface area contributed by atoms with Crippen molar-refractivity contribution < 1.29 is 19.1 Å². The summed E-state index contributed by atoms with van der Waals surface area (Å²) < 4.78 is 10.6. The molecule has 2 amide bonds. The lowest BCUT2D eigenvalue weighted by Gasteiger charge is -2.30. The van der Waals surface area contributed by atoms with E-state index in [-0.39, 0.29) is 30.8 Å². The molecule has 0 aliphatic carbocycles. The maximum Gasteiger partial charge on any atom is 0.242 e. The lowest BCUT2D eigenvalue weighted by Crippen LogP contribution is -2.49. The molecule has 0 spiro atoms. The number of hydrogen-bond donors (Lipinski definition) is 1. The van der Waals surface area contributed by atoms with E-state index in [0.717, 1.165) is 5.56 Å². The molecule has 6 nitrogen and oxygen atoms in total. The van der Waals surface area contributed by atoms with Crippen molar-refractivity contribution in [1.82, 2.24) is 10.2 Å². The Kier molecular flexibility index (Phi) is 9.66. The van der Waals surface area contributed by atoms with Gasteiger partial charge in [-0.05, 0) is 57.0 Å². The van der Waals surface area contributed by atoms with Crippen LogP contribution in [-0.2, 0) is 22.6 Å². The first kappa shape index (κ1) is 25.8. The number of amides is 2. The molecular weight excluding hydrogens is 451 g/mol. The van der Waals surface area contributed by atoms with Crippen LogP contribution in [0.15, 0.2) is 36.4 Å². The zero-order valence-electron chi connectivity index (χ0n) is 19.1. The van der Waals surface area contributed by atoms with Crippen molar-refractivity contribution >= 4 is 35.0 Å². The minimum Gasteiger partial charge on any atom is -0.493 e. The van der Waals surface area contributed by atoms with E-state index in [0.29, 0.717) is 33.5 Å². The summed E-state index contributed by atoms with van der Waals surface area (Å²) in [7, 11) is 3.14. The topological polar surface area (TPSA) is 67.9 Å². The van der Waals surface area contributed by atoms with Crippen molar-refractivity contribution in [3.8, 4) is 11.5 Å². The Morgan fingerprint density at radius 2 is 1.62 bits per heavy atom. The molecule has 0 saturated heterocycles. The van der Waals surface area contributed by atoms with Gasteiger partial charge >= 0.3 is 0 Å². The molecule has 1 unspecified atom stereocenters. The van der Waals surface area contributed by atoms with Crippen LogP contribution in [0.2, 0.25) is 10.0 Å².